The lowest BCUT2D eigenvalue weighted by molar-refractivity contribution is -0.150. The van der Waals surface area contributed by atoms with Gasteiger partial charge < -0.3 is 10.5 Å². The van der Waals surface area contributed by atoms with Crippen LogP contribution in [0.25, 0.3) is 0 Å². The van der Waals surface area contributed by atoms with Gasteiger partial charge in [-0.1, -0.05) is 30.3 Å². The maximum atomic E-state index is 11.4. The normalized spacial score (nSPS) is 13.4. The third-order valence-electron chi connectivity index (χ3n) is 2.53. The molecule has 0 amide bonds. The Hall–Kier alpha value is -1.81. The van der Waals surface area contributed by atoms with Gasteiger partial charge in [0.05, 0.1) is 0 Å². The second-order valence-electron chi connectivity index (χ2n) is 4.33. The quantitative estimate of drug-likeness (QED) is 0.491. The minimum atomic E-state index is -0.414. The molecule has 1 unspecified atom stereocenters. The number of nitrogens with two attached hydrogens (primary N) is 1. The second-order valence-corrected chi connectivity index (χ2v) is 4.33. The SMILES string of the molecule is CC(N)=CC(=O)OC(C)N(C)Cc1ccccc1. The molecule has 1 rings (SSSR count). The van der Waals surface area contributed by atoms with Crippen molar-refractivity contribution in [3.63, 3.8) is 0 Å². The Labute approximate surface area is 108 Å². The highest BCUT2D eigenvalue weighted by Crippen LogP contribution is 2.07. The maximum Gasteiger partial charge on any atom is 0.334 e. The van der Waals surface area contributed by atoms with E-state index in [2.05, 4.69) is 0 Å². The maximum absolute atomic E-state index is 11.4. The average molecular weight is 248 g/mol. The van der Waals surface area contributed by atoms with E-state index in [1.165, 1.54) is 11.6 Å². The molecule has 0 aromatic heterocycles. The lowest BCUT2D eigenvalue weighted by Gasteiger charge is -2.24. The van der Waals surface area contributed by atoms with E-state index in [1.807, 2.05) is 49.2 Å². The van der Waals surface area contributed by atoms with Crippen molar-refractivity contribution in [3.8, 4) is 0 Å². The second kappa shape index (κ2) is 6.81. The molecule has 0 saturated heterocycles. The summed E-state index contributed by atoms with van der Waals surface area (Å²) in [5, 5.41) is 0. The third-order valence-corrected chi connectivity index (χ3v) is 2.53. The molecule has 1 aromatic carbocycles. The topological polar surface area (TPSA) is 55.6 Å². The van der Waals surface area contributed by atoms with Gasteiger partial charge in [0.2, 0.25) is 0 Å². The molecule has 0 bridgehead atoms. The Kier molecular flexibility index (Phi) is 5.39. The number of ether oxygens (including phenoxy) is 1. The van der Waals surface area contributed by atoms with Gasteiger partial charge in [-0.15, -0.1) is 0 Å². The first kappa shape index (κ1) is 14.3. The van der Waals surface area contributed by atoms with Gasteiger partial charge in [0.15, 0.2) is 6.23 Å². The molecular weight excluding hydrogens is 228 g/mol. The van der Waals surface area contributed by atoms with E-state index in [1.54, 1.807) is 6.92 Å². The molecule has 1 aromatic rings. The van der Waals surface area contributed by atoms with Crippen molar-refractivity contribution in [2.24, 2.45) is 5.73 Å². The number of carbonyl (C=O) groups is 1. The zero-order valence-corrected chi connectivity index (χ0v) is 11.1. The van der Waals surface area contributed by atoms with E-state index < -0.39 is 5.97 Å². The van der Waals surface area contributed by atoms with Crippen LogP contribution in [0.5, 0.6) is 0 Å². The summed E-state index contributed by atoms with van der Waals surface area (Å²) in [4.78, 5) is 13.4. The van der Waals surface area contributed by atoms with E-state index in [0.717, 1.165) is 6.54 Å². The molecule has 18 heavy (non-hydrogen) atoms. The molecule has 0 aliphatic carbocycles. The highest BCUT2D eigenvalue weighted by Gasteiger charge is 2.13. The monoisotopic (exact) mass is 248 g/mol. The van der Waals surface area contributed by atoms with Crippen LogP contribution in [0.3, 0.4) is 0 Å². The highest BCUT2D eigenvalue weighted by atomic mass is 16.6. The lowest BCUT2D eigenvalue weighted by atomic mass is 10.2. The number of nitrogens with zero attached hydrogens (tertiary/aromatic N) is 1. The highest BCUT2D eigenvalue weighted by molar-refractivity contribution is 5.82. The van der Waals surface area contributed by atoms with Crippen LogP contribution >= 0.6 is 0 Å². The van der Waals surface area contributed by atoms with Gasteiger partial charge in [0, 0.05) is 18.3 Å². The van der Waals surface area contributed by atoms with Crippen LogP contribution < -0.4 is 5.73 Å². The molecule has 98 valence electrons. The summed E-state index contributed by atoms with van der Waals surface area (Å²) in [5.41, 5.74) is 7.03. The Morgan fingerprint density at radius 3 is 2.61 bits per heavy atom. The van der Waals surface area contributed by atoms with Crippen molar-refractivity contribution < 1.29 is 9.53 Å². The largest absolute Gasteiger partial charge is 0.443 e. The van der Waals surface area contributed by atoms with Crippen molar-refractivity contribution in [3.05, 3.63) is 47.7 Å². The number of allylic oxidation sites excluding steroid dienone is 1. The van der Waals surface area contributed by atoms with Gasteiger partial charge in [-0.05, 0) is 26.5 Å². The van der Waals surface area contributed by atoms with Gasteiger partial charge in [-0.25, -0.2) is 4.79 Å². The first-order valence-electron chi connectivity index (χ1n) is 5.87. The lowest BCUT2D eigenvalue weighted by Crippen LogP contribution is -2.32. The molecule has 0 fully saturated rings. The minimum Gasteiger partial charge on any atom is -0.443 e. The third kappa shape index (κ3) is 5.01. The molecule has 4 heteroatoms. The summed E-state index contributed by atoms with van der Waals surface area (Å²) in [5.74, 6) is -0.414. The van der Waals surface area contributed by atoms with E-state index in [-0.39, 0.29) is 6.23 Å². The van der Waals surface area contributed by atoms with Crippen LogP contribution in [0.15, 0.2) is 42.1 Å². The van der Waals surface area contributed by atoms with Gasteiger partial charge in [-0.3, -0.25) is 4.90 Å². The van der Waals surface area contributed by atoms with Gasteiger partial charge in [0.1, 0.15) is 0 Å². The molecule has 0 spiro atoms. The fourth-order valence-electron chi connectivity index (χ4n) is 1.48. The predicted molar refractivity (Wildman–Crippen MR) is 71.4 cm³/mol. The van der Waals surface area contributed by atoms with Gasteiger partial charge in [-0.2, -0.15) is 0 Å². The van der Waals surface area contributed by atoms with Crippen LogP contribution in [-0.2, 0) is 16.1 Å². The molecular formula is C14H20N2O2. The summed E-state index contributed by atoms with van der Waals surface area (Å²) in [6, 6.07) is 10.0. The van der Waals surface area contributed by atoms with Crippen LogP contribution in [0.1, 0.15) is 19.4 Å². The summed E-state index contributed by atoms with van der Waals surface area (Å²) >= 11 is 0. The Bertz CT molecular complexity index is 411. The Morgan fingerprint density at radius 2 is 2.06 bits per heavy atom. The fourth-order valence-corrected chi connectivity index (χ4v) is 1.48. The van der Waals surface area contributed by atoms with E-state index >= 15 is 0 Å². The zero-order valence-electron chi connectivity index (χ0n) is 11.1. The number of carbonyl (C=O) groups excluding carboxylic acids is 1. The van der Waals surface area contributed by atoms with Crippen molar-refractivity contribution in [2.45, 2.75) is 26.6 Å². The zero-order chi connectivity index (χ0) is 13.5. The van der Waals surface area contributed by atoms with Crippen molar-refractivity contribution in [1.82, 2.24) is 4.90 Å². The Balaban J connectivity index is 2.49. The Morgan fingerprint density at radius 1 is 1.44 bits per heavy atom. The summed E-state index contributed by atoms with van der Waals surface area (Å²) in [6.45, 7) is 4.21. The minimum absolute atomic E-state index is 0.298. The van der Waals surface area contributed by atoms with E-state index in [9.17, 15) is 4.79 Å². The van der Waals surface area contributed by atoms with Gasteiger partial charge >= 0.3 is 5.97 Å². The standard InChI is InChI=1S/C14H20N2O2/c1-11(15)9-14(17)18-12(2)16(3)10-13-7-5-4-6-8-13/h4-9,12H,10,15H2,1-3H3. The summed E-state index contributed by atoms with van der Waals surface area (Å²) in [7, 11) is 1.91. The molecule has 4 nitrogen and oxygen atoms in total. The molecule has 0 radical (unpaired) electrons. The average Bonchev–Trinajstić information content (AvgIpc) is 2.28. The van der Waals surface area contributed by atoms with Crippen LogP contribution in [0.2, 0.25) is 0 Å². The van der Waals surface area contributed by atoms with E-state index in [4.69, 9.17) is 10.5 Å². The number of rotatable bonds is 5. The summed E-state index contributed by atoms with van der Waals surface area (Å²) in [6.07, 6.45) is 0.987. The molecule has 1 atom stereocenters. The van der Waals surface area contributed by atoms with Crippen LogP contribution in [-0.4, -0.2) is 24.1 Å². The number of hydrogen-bond donors (Lipinski definition) is 1. The molecule has 0 aliphatic heterocycles. The molecule has 2 N–H and O–H groups in total. The number of esters is 1. The number of hydrogen-bond acceptors (Lipinski definition) is 4. The van der Waals surface area contributed by atoms with E-state index in [0.29, 0.717) is 5.70 Å². The van der Waals surface area contributed by atoms with Crippen molar-refractivity contribution >= 4 is 5.97 Å². The smallest absolute Gasteiger partial charge is 0.334 e. The molecule has 0 aliphatic rings. The first-order chi connectivity index (χ1) is 8.49. The fraction of sp³-hybridized carbons (Fsp3) is 0.357. The molecule has 0 heterocycles. The van der Waals surface area contributed by atoms with Crippen LogP contribution in [0.4, 0.5) is 0 Å². The molecule has 0 saturated carbocycles. The number of benzene rings is 1. The van der Waals surface area contributed by atoms with Gasteiger partial charge in [0.25, 0.3) is 0 Å². The predicted octanol–water partition coefficient (Wildman–Crippen LogP) is 1.87. The van der Waals surface area contributed by atoms with Crippen LogP contribution in [0, 0.1) is 0 Å². The van der Waals surface area contributed by atoms with Crippen molar-refractivity contribution in [1.29, 1.82) is 0 Å². The summed E-state index contributed by atoms with van der Waals surface area (Å²) < 4.78 is 5.23. The first-order valence-corrected chi connectivity index (χ1v) is 5.87. The van der Waals surface area contributed by atoms with Crippen molar-refractivity contribution in [2.75, 3.05) is 7.05 Å².